The first kappa shape index (κ1) is 10.3. The number of oxime groups is 1. The molecule has 0 spiro atoms. The van der Waals surface area contributed by atoms with Gasteiger partial charge in [0.05, 0.1) is 0 Å². The molecule has 0 aromatic heterocycles. The summed E-state index contributed by atoms with van der Waals surface area (Å²) >= 11 is 0. The van der Waals surface area contributed by atoms with Crippen molar-refractivity contribution in [2.24, 2.45) is 10.9 Å². The topological polar surface area (TPSA) is 78.8 Å². The maximum Gasteiger partial charge on any atom is 0.143 e. The molecule has 0 saturated heterocycles. The SMILES string of the molecule is Cc1cc(F)cc(C/C(N)=N/O)c1O. The molecule has 1 aromatic rings. The van der Waals surface area contributed by atoms with E-state index in [4.69, 9.17) is 10.9 Å². The number of aromatic hydroxyl groups is 1. The van der Waals surface area contributed by atoms with E-state index in [0.717, 1.165) is 6.07 Å². The van der Waals surface area contributed by atoms with Gasteiger partial charge in [0.1, 0.15) is 17.4 Å². The zero-order valence-corrected chi connectivity index (χ0v) is 7.66. The largest absolute Gasteiger partial charge is 0.507 e. The molecule has 5 heteroatoms. The van der Waals surface area contributed by atoms with Crippen LogP contribution in [0, 0.1) is 12.7 Å². The fourth-order valence-corrected chi connectivity index (χ4v) is 1.17. The number of aryl methyl sites for hydroxylation is 1. The predicted octanol–water partition coefficient (Wildman–Crippen LogP) is 1.13. The van der Waals surface area contributed by atoms with Gasteiger partial charge in [-0.05, 0) is 24.6 Å². The van der Waals surface area contributed by atoms with Crippen LogP contribution in [0.25, 0.3) is 0 Å². The van der Waals surface area contributed by atoms with Crippen LogP contribution in [0.2, 0.25) is 0 Å². The van der Waals surface area contributed by atoms with Gasteiger partial charge in [-0.25, -0.2) is 4.39 Å². The first-order chi connectivity index (χ1) is 6.54. The lowest BCUT2D eigenvalue weighted by atomic mass is 10.1. The van der Waals surface area contributed by atoms with Gasteiger partial charge in [0.25, 0.3) is 0 Å². The standard InChI is InChI=1S/C9H11FN2O2/c1-5-2-7(10)3-6(9(5)13)4-8(11)12-14/h2-3,13-14H,4H2,1H3,(H2,11,12). The Hall–Kier alpha value is -1.78. The van der Waals surface area contributed by atoms with Gasteiger partial charge in [0.2, 0.25) is 0 Å². The van der Waals surface area contributed by atoms with E-state index in [1.165, 1.54) is 6.07 Å². The van der Waals surface area contributed by atoms with E-state index in [1.54, 1.807) is 6.92 Å². The Balaban J connectivity index is 3.08. The van der Waals surface area contributed by atoms with E-state index in [0.29, 0.717) is 11.1 Å². The molecule has 76 valence electrons. The van der Waals surface area contributed by atoms with Gasteiger partial charge in [-0.15, -0.1) is 0 Å². The minimum Gasteiger partial charge on any atom is -0.507 e. The highest BCUT2D eigenvalue weighted by Crippen LogP contribution is 2.23. The van der Waals surface area contributed by atoms with Crippen molar-refractivity contribution in [2.75, 3.05) is 0 Å². The molecule has 0 unspecified atom stereocenters. The van der Waals surface area contributed by atoms with Crippen LogP contribution in [0.5, 0.6) is 5.75 Å². The van der Waals surface area contributed by atoms with Crippen LogP contribution in [-0.4, -0.2) is 16.1 Å². The molecule has 0 heterocycles. The molecule has 0 saturated carbocycles. The Bertz CT molecular complexity index is 377. The summed E-state index contributed by atoms with van der Waals surface area (Å²) in [7, 11) is 0. The zero-order valence-electron chi connectivity index (χ0n) is 7.66. The molecule has 0 aliphatic heterocycles. The molecule has 0 aliphatic rings. The second-order valence-corrected chi connectivity index (χ2v) is 3.00. The van der Waals surface area contributed by atoms with Crippen molar-refractivity contribution in [1.29, 1.82) is 0 Å². The van der Waals surface area contributed by atoms with E-state index >= 15 is 0 Å². The Morgan fingerprint density at radius 3 is 2.79 bits per heavy atom. The van der Waals surface area contributed by atoms with Gasteiger partial charge in [-0.2, -0.15) is 0 Å². The van der Waals surface area contributed by atoms with Crippen molar-refractivity contribution in [3.8, 4) is 5.75 Å². The first-order valence-corrected chi connectivity index (χ1v) is 3.99. The Kier molecular flexibility index (Phi) is 2.91. The Labute approximate surface area is 80.5 Å². The third-order valence-electron chi connectivity index (χ3n) is 1.84. The molecule has 0 amide bonds. The number of nitrogens with zero attached hydrogens (tertiary/aromatic N) is 1. The van der Waals surface area contributed by atoms with Crippen LogP contribution < -0.4 is 5.73 Å². The minimum absolute atomic E-state index is 0.0148. The average molecular weight is 198 g/mol. The molecular formula is C9H11FN2O2. The lowest BCUT2D eigenvalue weighted by Crippen LogP contribution is -2.15. The van der Waals surface area contributed by atoms with E-state index in [9.17, 15) is 9.50 Å². The van der Waals surface area contributed by atoms with Gasteiger partial charge < -0.3 is 16.0 Å². The molecule has 0 atom stereocenters. The van der Waals surface area contributed by atoms with Crippen LogP contribution in [0.3, 0.4) is 0 Å². The van der Waals surface area contributed by atoms with Gasteiger partial charge in [0, 0.05) is 12.0 Å². The van der Waals surface area contributed by atoms with Gasteiger partial charge in [0.15, 0.2) is 0 Å². The quantitative estimate of drug-likeness (QED) is 0.288. The van der Waals surface area contributed by atoms with E-state index in [-0.39, 0.29) is 18.0 Å². The van der Waals surface area contributed by atoms with Crippen molar-refractivity contribution in [2.45, 2.75) is 13.3 Å². The summed E-state index contributed by atoms with van der Waals surface area (Å²) in [6.07, 6.45) is 0.0148. The molecule has 1 aromatic carbocycles. The van der Waals surface area contributed by atoms with E-state index < -0.39 is 5.82 Å². The molecule has 14 heavy (non-hydrogen) atoms. The number of amidine groups is 1. The first-order valence-electron chi connectivity index (χ1n) is 3.99. The second-order valence-electron chi connectivity index (χ2n) is 3.00. The lowest BCUT2D eigenvalue weighted by Gasteiger charge is -2.06. The summed E-state index contributed by atoms with van der Waals surface area (Å²) in [5.74, 6) is -0.565. The molecule has 0 aliphatic carbocycles. The van der Waals surface area contributed by atoms with Crippen molar-refractivity contribution in [1.82, 2.24) is 0 Å². The third-order valence-corrected chi connectivity index (χ3v) is 1.84. The summed E-state index contributed by atoms with van der Waals surface area (Å²) < 4.78 is 12.9. The smallest absolute Gasteiger partial charge is 0.143 e. The van der Waals surface area contributed by atoms with Gasteiger partial charge >= 0.3 is 0 Å². The highest BCUT2D eigenvalue weighted by atomic mass is 19.1. The van der Waals surface area contributed by atoms with Crippen LogP contribution >= 0.6 is 0 Å². The summed E-state index contributed by atoms with van der Waals surface area (Å²) in [5.41, 5.74) is 5.97. The summed E-state index contributed by atoms with van der Waals surface area (Å²) in [6, 6.07) is 2.37. The van der Waals surface area contributed by atoms with Crippen molar-refractivity contribution in [3.63, 3.8) is 0 Å². The van der Waals surface area contributed by atoms with E-state index in [2.05, 4.69) is 5.16 Å². The van der Waals surface area contributed by atoms with Gasteiger partial charge in [-0.1, -0.05) is 5.16 Å². The normalized spacial score (nSPS) is 11.7. The lowest BCUT2D eigenvalue weighted by molar-refractivity contribution is 0.317. The van der Waals surface area contributed by atoms with Crippen molar-refractivity contribution >= 4 is 5.84 Å². The average Bonchev–Trinajstić information content (AvgIpc) is 2.13. The third kappa shape index (κ3) is 2.12. The molecule has 4 nitrogen and oxygen atoms in total. The number of phenols is 1. The number of hydrogen-bond donors (Lipinski definition) is 3. The monoisotopic (exact) mass is 198 g/mol. The molecule has 0 fully saturated rings. The second kappa shape index (κ2) is 3.95. The summed E-state index contributed by atoms with van der Waals surface area (Å²) in [6.45, 7) is 1.58. The van der Waals surface area contributed by atoms with Crippen LogP contribution in [0.4, 0.5) is 4.39 Å². The molecule has 1 rings (SSSR count). The highest BCUT2D eigenvalue weighted by molar-refractivity contribution is 5.82. The number of halogens is 1. The van der Waals surface area contributed by atoms with E-state index in [1.807, 2.05) is 0 Å². The highest BCUT2D eigenvalue weighted by Gasteiger charge is 2.08. The minimum atomic E-state index is -0.457. The van der Waals surface area contributed by atoms with Crippen LogP contribution in [-0.2, 0) is 6.42 Å². The maximum atomic E-state index is 12.9. The maximum absolute atomic E-state index is 12.9. The summed E-state index contributed by atoms with van der Waals surface area (Å²) in [4.78, 5) is 0. The van der Waals surface area contributed by atoms with Crippen LogP contribution in [0.15, 0.2) is 17.3 Å². The molecule has 0 bridgehead atoms. The number of hydrogen-bond acceptors (Lipinski definition) is 3. The number of phenolic OH excluding ortho intramolecular Hbond substituents is 1. The number of nitrogens with two attached hydrogens (primary N) is 1. The Morgan fingerprint density at radius 2 is 2.21 bits per heavy atom. The molecule has 0 radical (unpaired) electrons. The van der Waals surface area contributed by atoms with Gasteiger partial charge in [-0.3, -0.25) is 0 Å². The Morgan fingerprint density at radius 1 is 1.57 bits per heavy atom. The summed E-state index contributed by atoms with van der Waals surface area (Å²) in [5, 5.41) is 20.6. The van der Waals surface area contributed by atoms with Crippen molar-refractivity contribution < 1.29 is 14.7 Å². The fourth-order valence-electron chi connectivity index (χ4n) is 1.17. The fraction of sp³-hybridized carbons (Fsp3) is 0.222. The zero-order chi connectivity index (χ0) is 10.7. The van der Waals surface area contributed by atoms with Crippen LogP contribution in [0.1, 0.15) is 11.1 Å². The number of rotatable bonds is 2. The molecular weight excluding hydrogens is 187 g/mol. The van der Waals surface area contributed by atoms with Crippen molar-refractivity contribution in [3.05, 3.63) is 29.1 Å². The molecule has 4 N–H and O–H groups in total. The predicted molar refractivity (Wildman–Crippen MR) is 49.9 cm³/mol. The number of benzene rings is 1.